The fraction of sp³-hybridized carbons (Fsp3) is 0.759. The summed E-state index contributed by atoms with van der Waals surface area (Å²) in [5.41, 5.74) is 1.83. The first-order valence-corrected chi connectivity index (χ1v) is 27.9. The van der Waals surface area contributed by atoms with Crippen molar-refractivity contribution in [1.82, 2.24) is 0 Å². The highest BCUT2D eigenvalue weighted by molar-refractivity contribution is 5.73. The molecule has 0 bridgehead atoms. The molecule has 2 aromatic carbocycles. The first-order valence-electron chi connectivity index (χ1n) is 27.9. The second-order valence-corrected chi connectivity index (χ2v) is 19.6. The molecule has 2 aromatic rings. The summed E-state index contributed by atoms with van der Waals surface area (Å²) in [4.78, 5) is 23.8. The van der Waals surface area contributed by atoms with E-state index in [-0.39, 0.29) is 0 Å². The molecule has 0 aliphatic heterocycles. The molecule has 0 spiro atoms. The molecule has 2 rings (SSSR count). The average molecular weight is 902 g/mol. The maximum absolute atomic E-state index is 11.4. The third kappa shape index (κ3) is 32.2. The Bertz CT molecular complexity index is 1400. The standard InChI is InChI=1S/C58H99N3O4/c1-3-5-7-9-11-13-15-17-19-21-23-25-27-29-31-33-35-37-39-41-51-59(52-42-40-38-36-34-32-30-28-26-24-22-20-18-16-14-12-10-8-6-4-2)56-48-45-54(46-49-56)43-44-55-47-50-57(60(62)63)58(53-55)61(64)65/h43-50,53H,3-42,51-52H2,1-2H3. The lowest BCUT2D eigenvalue weighted by Gasteiger charge is -2.25. The van der Waals surface area contributed by atoms with Crippen LogP contribution in [0, 0.1) is 20.2 Å². The number of nitro groups is 2. The third-order valence-electron chi connectivity index (χ3n) is 13.7. The molecule has 0 saturated carbocycles. The van der Waals surface area contributed by atoms with Gasteiger partial charge in [0.15, 0.2) is 0 Å². The van der Waals surface area contributed by atoms with Gasteiger partial charge < -0.3 is 4.90 Å². The van der Waals surface area contributed by atoms with Crippen molar-refractivity contribution in [2.45, 2.75) is 271 Å². The summed E-state index contributed by atoms with van der Waals surface area (Å²) in [5, 5.41) is 22.7. The van der Waals surface area contributed by atoms with Crippen LogP contribution < -0.4 is 4.90 Å². The zero-order valence-corrected chi connectivity index (χ0v) is 42.4. The van der Waals surface area contributed by atoms with Crippen LogP contribution in [0.2, 0.25) is 0 Å². The van der Waals surface area contributed by atoms with Crippen LogP contribution >= 0.6 is 0 Å². The molecule has 0 aliphatic rings. The third-order valence-corrected chi connectivity index (χ3v) is 13.7. The van der Waals surface area contributed by atoms with Crippen LogP contribution in [0.15, 0.2) is 42.5 Å². The molecular weight excluding hydrogens is 803 g/mol. The van der Waals surface area contributed by atoms with Gasteiger partial charge in [0.1, 0.15) is 0 Å². The minimum absolute atomic E-state index is 0.488. The Hall–Kier alpha value is -3.22. The molecule has 7 nitrogen and oxygen atoms in total. The molecule has 0 N–H and O–H groups in total. The lowest BCUT2D eigenvalue weighted by Crippen LogP contribution is -2.25. The van der Waals surface area contributed by atoms with E-state index in [1.165, 1.54) is 275 Å². The van der Waals surface area contributed by atoms with E-state index in [0.717, 1.165) is 18.7 Å². The predicted molar refractivity (Wildman–Crippen MR) is 283 cm³/mol. The van der Waals surface area contributed by atoms with Crippen LogP contribution in [-0.2, 0) is 0 Å². The van der Waals surface area contributed by atoms with E-state index in [1.54, 1.807) is 12.1 Å². The number of rotatable bonds is 47. The predicted octanol–water partition coefficient (Wildman–Crippen LogP) is 20.1. The van der Waals surface area contributed by atoms with Gasteiger partial charge in [0.25, 0.3) is 0 Å². The maximum atomic E-state index is 11.4. The number of nitrogens with zero attached hydrogens (tertiary/aromatic N) is 3. The minimum Gasteiger partial charge on any atom is -0.372 e. The molecule has 0 aliphatic carbocycles. The van der Waals surface area contributed by atoms with Crippen LogP contribution in [0.1, 0.15) is 282 Å². The summed E-state index contributed by atoms with van der Waals surface area (Å²) in [6, 6.07) is 12.6. The van der Waals surface area contributed by atoms with Crippen LogP contribution in [-0.4, -0.2) is 22.9 Å². The van der Waals surface area contributed by atoms with E-state index >= 15 is 0 Å². The first kappa shape index (κ1) is 57.9. The zero-order valence-electron chi connectivity index (χ0n) is 42.4. The van der Waals surface area contributed by atoms with Crippen LogP contribution in [0.3, 0.4) is 0 Å². The summed E-state index contributed by atoms with van der Waals surface area (Å²) in [6.45, 7) is 6.76. The zero-order chi connectivity index (χ0) is 46.7. The van der Waals surface area contributed by atoms with Gasteiger partial charge in [-0.3, -0.25) is 20.2 Å². The molecule has 0 radical (unpaired) electrons. The van der Waals surface area contributed by atoms with E-state index < -0.39 is 21.2 Å². The van der Waals surface area contributed by atoms with E-state index in [1.807, 2.05) is 6.08 Å². The van der Waals surface area contributed by atoms with Crippen molar-refractivity contribution in [1.29, 1.82) is 0 Å². The van der Waals surface area contributed by atoms with E-state index in [0.29, 0.717) is 5.56 Å². The first-order chi connectivity index (χ1) is 32.0. The average Bonchev–Trinajstić information content (AvgIpc) is 3.31. The van der Waals surface area contributed by atoms with E-state index in [2.05, 4.69) is 43.0 Å². The van der Waals surface area contributed by atoms with Gasteiger partial charge in [0.05, 0.1) is 9.85 Å². The second-order valence-electron chi connectivity index (χ2n) is 19.6. The Labute approximate surface area is 400 Å². The lowest BCUT2D eigenvalue weighted by molar-refractivity contribution is -0.422. The molecule has 370 valence electrons. The number of hydrogen-bond acceptors (Lipinski definition) is 5. The normalized spacial score (nSPS) is 11.5. The fourth-order valence-electron chi connectivity index (χ4n) is 9.42. The van der Waals surface area contributed by atoms with Gasteiger partial charge in [-0.15, -0.1) is 0 Å². The molecule has 65 heavy (non-hydrogen) atoms. The van der Waals surface area contributed by atoms with Gasteiger partial charge in [-0.25, -0.2) is 0 Å². The molecule has 0 saturated heterocycles. The van der Waals surface area contributed by atoms with Crippen molar-refractivity contribution in [2.75, 3.05) is 18.0 Å². The number of benzene rings is 2. The molecular formula is C58H99N3O4. The van der Waals surface area contributed by atoms with Crippen LogP contribution in [0.25, 0.3) is 12.2 Å². The minimum atomic E-state index is -0.708. The van der Waals surface area contributed by atoms with E-state index in [4.69, 9.17) is 0 Å². The summed E-state index contributed by atoms with van der Waals surface area (Å²) < 4.78 is 0. The van der Waals surface area contributed by atoms with Crippen molar-refractivity contribution in [3.05, 3.63) is 73.8 Å². The smallest absolute Gasteiger partial charge is 0.346 e. The molecule has 0 heterocycles. The van der Waals surface area contributed by atoms with Gasteiger partial charge in [0, 0.05) is 30.9 Å². The molecule has 7 heteroatoms. The number of hydrogen-bond donors (Lipinski definition) is 0. The molecule has 0 fully saturated rings. The Morgan fingerprint density at radius 2 is 0.615 bits per heavy atom. The van der Waals surface area contributed by atoms with Crippen molar-refractivity contribution >= 4 is 29.2 Å². The number of unbranched alkanes of at least 4 members (excludes halogenated alkanes) is 38. The number of nitro benzene ring substituents is 2. The lowest BCUT2D eigenvalue weighted by atomic mass is 10.0. The van der Waals surface area contributed by atoms with Gasteiger partial charge in [-0.1, -0.05) is 282 Å². The molecule has 0 aromatic heterocycles. The second kappa shape index (κ2) is 42.2. The molecule has 0 unspecified atom stereocenters. The van der Waals surface area contributed by atoms with Crippen LogP contribution in [0.4, 0.5) is 17.1 Å². The van der Waals surface area contributed by atoms with Gasteiger partial charge in [-0.2, -0.15) is 0 Å². The van der Waals surface area contributed by atoms with Crippen molar-refractivity contribution < 1.29 is 9.85 Å². The highest BCUT2D eigenvalue weighted by Crippen LogP contribution is 2.29. The van der Waals surface area contributed by atoms with Crippen molar-refractivity contribution in [3.63, 3.8) is 0 Å². The largest absolute Gasteiger partial charge is 0.372 e. The SMILES string of the molecule is CCCCCCCCCCCCCCCCCCCCCCN(CCCCCCCCCCCCCCCCCCCCCC)c1ccc(C=Cc2ccc([N+](=O)[O-])c([N+](=O)[O-])c2)cc1. The Morgan fingerprint density at radius 1 is 0.354 bits per heavy atom. The summed E-state index contributed by atoms with van der Waals surface area (Å²) in [6.07, 6.45) is 59.6. The maximum Gasteiger partial charge on any atom is 0.346 e. The van der Waals surface area contributed by atoms with Crippen LogP contribution in [0.5, 0.6) is 0 Å². The van der Waals surface area contributed by atoms with Crippen molar-refractivity contribution in [3.8, 4) is 0 Å². The van der Waals surface area contributed by atoms with E-state index in [9.17, 15) is 20.2 Å². The Balaban J connectivity index is 1.66. The highest BCUT2D eigenvalue weighted by Gasteiger charge is 2.23. The molecule has 0 amide bonds. The van der Waals surface area contributed by atoms with Gasteiger partial charge in [-0.05, 0) is 42.2 Å². The summed E-state index contributed by atoms with van der Waals surface area (Å²) in [7, 11) is 0. The molecule has 0 atom stereocenters. The Kier molecular flexibility index (Phi) is 37.6. The van der Waals surface area contributed by atoms with Gasteiger partial charge in [0.2, 0.25) is 0 Å². The summed E-state index contributed by atoms with van der Waals surface area (Å²) in [5.74, 6) is 0. The Morgan fingerprint density at radius 3 is 0.908 bits per heavy atom. The van der Waals surface area contributed by atoms with Gasteiger partial charge >= 0.3 is 11.4 Å². The number of anilines is 1. The van der Waals surface area contributed by atoms with Crippen molar-refractivity contribution in [2.24, 2.45) is 0 Å². The topological polar surface area (TPSA) is 89.5 Å². The monoisotopic (exact) mass is 902 g/mol. The summed E-state index contributed by atoms with van der Waals surface area (Å²) >= 11 is 0. The highest BCUT2D eigenvalue weighted by atomic mass is 16.6. The fourth-order valence-corrected chi connectivity index (χ4v) is 9.42. The quantitative estimate of drug-likeness (QED) is 0.0286.